The van der Waals surface area contributed by atoms with Crippen molar-refractivity contribution in [1.29, 1.82) is 0 Å². The summed E-state index contributed by atoms with van der Waals surface area (Å²) in [5, 5.41) is 2.34. The van der Waals surface area contributed by atoms with E-state index in [1.165, 1.54) is 0 Å². The number of carbonyl (C=O) groups excluding carboxylic acids is 1. The zero-order valence-corrected chi connectivity index (χ0v) is 14.0. The van der Waals surface area contributed by atoms with Crippen LogP contribution < -0.4 is 11.1 Å². The van der Waals surface area contributed by atoms with Gasteiger partial charge >= 0.3 is 0 Å². The lowest BCUT2D eigenvalue weighted by molar-refractivity contribution is 0.102. The molecule has 0 fully saturated rings. The van der Waals surface area contributed by atoms with Crippen molar-refractivity contribution in [2.24, 2.45) is 0 Å². The summed E-state index contributed by atoms with van der Waals surface area (Å²) in [4.78, 5) is 12.2. The van der Waals surface area contributed by atoms with Gasteiger partial charge in [-0.25, -0.2) is 8.78 Å². The number of hydrogen-bond donors (Lipinski definition) is 2. The highest BCUT2D eigenvalue weighted by atomic mass is 79.9. The number of anilines is 2. The van der Waals surface area contributed by atoms with Crippen LogP contribution in [0.25, 0.3) is 0 Å². The normalized spacial score (nSPS) is 10.5. The van der Waals surface area contributed by atoms with Gasteiger partial charge in [0.15, 0.2) is 0 Å². The number of nitrogen functional groups attached to an aromatic ring is 1. The molecule has 0 aliphatic heterocycles. The maximum absolute atomic E-state index is 13.7. The van der Waals surface area contributed by atoms with E-state index in [4.69, 9.17) is 5.73 Å². The van der Waals surface area contributed by atoms with Crippen molar-refractivity contribution in [3.8, 4) is 0 Å². The van der Waals surface area contributed by atoms with Gasteiger partial charge in [-0.15, -0.1) is 0 Å². The Morgan fingerprint density at radius 1 is 1.14 bits per heavy atom. The third-order valence-corrected chi connectivity index (χ3v) is 3.98. The van der Waals surface area contributed by atoms with E-state index in [2.05, 4.69) is 37.2 Å². The summed E-state index contributed by atoms with van der Waals surface area (Å²) >= 11 is 6.11. The van der Waals surface area contributed by atoms with Crippen molar-refractivity contribution >= 4 is 49.1 Å². The smallest absolute Gasteiger partial charge is 0.256 e. The molecule has 2 rings (SSSR count). The first kappa shape index (κ1) is 15.9. The van der Waals surface area contributed by atoms with Crippen molar-refractivity contribution in [2.45, 2.75) is 6.92 Å². The SMILES string of the molecule is Cc1c(N)cc(Br)cc1C(=O)Nc1cc(F)c(Br)cc1F. The second kappa shape index (κ2) is 6.11. The van der Waals surface area contributed by atoms with Crippen LogP contribution >= 0.6 is 31.9 Å². The summed E-state index contributed by atoms with van der Waals surface area (Å²) in [5.74, 6) is -1.98. The molecule has 0 aliphatic carbocycles. The fourth-order valence-electron chi connectivity index (χ4n) is 1.74. The van der Waals surface area contributed by atoms with Crippen LogP contribution in [0.5, 0.6) is 0 Å². The number of hydrogen-bond acceptors (Lipinski definition) is 2. The topological polar surface area (TPSA) is 55.1 Å². The standard InChI is InChI=1S/C14H10Br2F2N2O/c1-6-8(2-7(15)3-12(6)19)14(21)20-13-5-10(17)9(16)4-11(13)18/h2-5H,19H2,1H3,(H,20,21). The number of halogens is 4. The Hall–Kier alpha value is -1.47. The summed E-state index contributed by atoms with van der Waals surface area (Å²) in [6.45, 7) is 1.68. The summed E-state index contributed by atoms with van der Waals surface area (Å²) < 4.78 is 27.8. The minimum Gasteiger partial charge on any atom is -0.398 e. The number of rotatable bonds is 2. The lowest BCUT2D eigenvalue weighted by Crippen LogP contribution is -2.15. The quantitative estimate of drug-likeness (QED) is 0.550. The van der Waals surface area contributed by atoms with Crippen LogP contribution in [0.4, 0.5) is 20.2 Å². The van der Waals surface area contributed by atoms with Gasteiger partial charge in [0.25, 0.3) is 5.91 Å². The Morgan fingerprint density at radius 2 is 1.81 bits per heavy atom. The predicted octanol–water partition coefficient (Wildman–Crippen LogP) is 4.63. The molecule has 0 aliphatic rings. The first-order valence-electron chi connectivity index (χ1n) is 5.81. The Balaban J connectivity index is 2.37. The van der Waals surface area contributed by atoms with Crippen LogP contribution in [-0.4, -0.2) is 5.91 Å². The Labute approximate surface area is 136 Å². The molecule has 0 spiro atoms. The summed E-state index contributed by atoms with van der Waals surface area (Å²) in [6, 6.07) is 5.08. The molecule has 0 radical (unpaired) electrons. The third kappa shape index (κ3) is 3.41. The second-order valence-corrected chi connectivity index (χ2v) is 6.14. The van der Waals surface area contributed by atoms with Gasteiger partial charge in [-0.2, -0.15) is 0 Å². The van der Waals surface area contributed by atoms with E-state index in [9.17, 15) is 13.6 Å². The average molecular weight is 420 g/mol. The number of nitrogens with one attached hydrogen (secondary N) is 1. The van der Waals surface area contributed by atoms with E-state index in [-0.39, 0.29) is 15.7 Å². The zero-order chi connectivity index (χ0) is 15.7. The molecule has 110 valence electrons. The number of amides is 1. The Morgan fingerprint density at radius 3 is 2.48 bits per heavy atom. The largest absolute Gasteiger partial charge is 0.398 e. The van der Waals surface area contributed by atoms with Crippen LogP contribution in [0.1, 0.15) is 15.9 Å². The molecule has 21 heavy (non-hydrogen) atoms. The van der Waals surface area contributed by atoms with E-state index in [1.54, 1.807) is 19.1 Å². The highest BCUT2D eigenvalue weighted by molar-refractivity contribution is 9.10. The third-order valence-electron chi connectivity index (χ3n) is 2.92. The fourth-order valence-corrected chi connectivity index (χ4v) is 2.53. The van der Waals surface area contributed by atoms with E-state index in [1.807, 2.05) is 0 Å². The molecule has 3 nitrogen and oxygen atoms in total. The molecule has 0 atom stereocenters. The molecule has 7 heteroatoms. The molecule has 0 bridgehead atoms. The lowest BCUT2D eigenvalue weighted by Gasteiger charge is -2.11. The molecule has 3 N–H and O–H groups in total. The molecular weight excluding hydrogens is 410 g/mol. The van der Waals surface area contributed by atoms with E-state index in [0.717, 1.165) is 12.1 Å². The van der Waals surface area contributed by atoms with E-state index >= 15 is 0 Å². The van der Waals surface area contributed by atoms with Gasteiger partial charge in [0.05, 0.1) is 10.2 Å². The Kier molecular flexibility index (Phi) is 4.63. The number of nitrogens with two attached hydrogens (primary N) is 1. The molecule has 0 unspecified atom stereocenters. The molecule has 2 aromatic rings. The molecule has 0 saturated carbocycles. The number of benzene rings is 2. The molecular formula is C14H10Br2F2N2O. The van der Waals surface area contributed by atoms with Gasteiger partial charge in [0, 0.05) is 21.8 Å². The van der Waals surface area contributed by atoms with Crippen molar-refractivity contribution in [1.82, 2.24) is 0 Å². The number of carbonyl (C=O) groups is 1. The van der Waals surface area contributed by atoms with Crippen LogP contribution in [0.15, 0.2) is 33.2 Å². The summed E-state index contributed by atoms with van der Waals surface area (Å²) in [7, 11) is 0. The monoisotopic (exact) mass is 418 g/mol. The molecule has 1 amide bonds. The zero-order valence-electron chi connectivity index (χ0n) is 10.8. The minimum atomic E-state index is -0.739. The summed E-state index contributed by atoms with van der Waals surface area (Å²) in [6.07, 6.45) is 0. The van der Waals surface area contributed by atoms with Crippen LogP contribution in [-0.2, 0) is 0 Å². The van der Waals surface area contributed by atoms with Gasteiger partial charge < -0.3 is 11.1 Å². The first-order valence-corrected chi connectivity index (χ1v) is 7.39. The van der Waals surface area contributed by atoms with Crippen molar-refractivity contribution in [3.63, 3.8) is 0 Å². The lowest BCUT2D eigenvalue weighted by atomic mass is 10.1. The maximum Gasteiger partial charge on any atom is 0.256 e. The van der Waals surface area contributed by atoms with Crippen molar-refractivity contribution in [2.75, 3.05) is 11.1 Å². The van der Waals surface area contributed by atoms with Gasteiger partial charge in [-0.05, 0) is 46.6 Å². The molecule has 0 heterocycles. The maximum atomic E-state index is 13.7. The van der Waals surface area contributed by atoms with Gasteiger partial charge in [-0.1, -0.05) is 15.9 Å². The highest BCUT2D eigenvalue weighted by Gasteiger charge is 2.16. The second-order valence-electron chi connectivity index (χ2n) is 4.37. The van der Waals surface area contributed by atoms with Gasteiger partial charge in [-0.3, -0.25) is 4.79 Å². The predicted molar refractivity (Wildman–Crippen MR) is 85.3 cm³/mol. The van der Waals surface area contributed by atoms with E-state index in [0.29, 0.717) is 15.7 Å². The van der Waals surface area contributed by atoms with Crippen molar-refractivity contribution < 1.29 is 13.6 Å². The first-order chi connectivity index (χ1) is 9.79. The molecule has 0 saturated heterocycles. The van der Waals surface area contributed by atoms with Crippen molar-refractivity contribution in [3.05, 3.63) is 56.0 Å². The molecule has 2 aromatic carbocycles. The fraction of sp³-hybridized carbons (Fsp3) is 0.0714. The van der Waals surface area contributed by atoms with E-state index < -0.39 is 17.5 Å². The van der Waals surface area contributed by atoms with Gasteiger partial charge in [0.2, 0.25) is 0 Å². The van der Waals surface area contributed by atoms with Crippen LogP contribution in [0.3, 0.4) is 0 Å². The highest BCUT2D eigenvalue weighted by Crippen LogP contribution is 2.26. The average Bonchev–Trinajstić information content (AvgIpc) is 2.40. The summed E-state index contributed by atoms with van der Waals surface area (Å²) in [5.41, 5.74) is 6.81. The van der Waals surface area contributed by atoms with Crippen LogP contribution in [0.2, 0.25) is 0 Å². The van der Waals surface area contributed by atoms with Crippen LogP contribution in [0, 0.1) is 18.6 Å². The van der Waals surface area contributed by atoms with Gasteiger partial charge in [0.1, 0.15) is 11.6 Å². The minimum absolute atomic E-state index is 0.0131. The molecule has 0 aromatic heterocycles. The Bertz CT molecular complexity index is 735.